The molecule has 528 valence electrons. The molecule has 9 aromatic carbocycles. The van der Waals surface area contributed by atoms with Gasteiger partial charge in [-0.3, -0.25) is 0 Å². The SMILES string of the molecule is COCCOc1cnc2ccc(Oc3cc(F)cc(NC(=O)Nc4cccc(F)c4)c3)cc2n1.NCCOc1cnc2ccc(Oc3cc(F)cc(NC(=O)Nc4cccc(C(F)(F)F)c4)c3)cc2n1.O=C(Nc1cccc(F)c1)Nc1cc(F)cc(Oc2ccc3ncc(OCCO)nc3c2)c1. The number of hydrogen-bond acceptors (Lipinski definition) is 18. The van der Waals surface area contributed by atoms with Gasteiger partial charge >= 0.3 is 24.3 Å². The highest BCUT2D eigenvalue weighted by atomic mass is 19.4. The fraction of sp³-hybridized carbons (Fsp3) is 0.113. The van der Waals surface area contributed by atoms with Gasteiger partial charge in [0.2, 0.25) is 17.6 Å². The Kier molecular flexibility index (Phi) is 24.4. The van der Waals surface area contributed by atoms with Crippen LogP contribution in [0.3, 0.4) is 0 Å². The number of carbonyl (C=O) groups is 3. The minimum Gasteiger partial charge on any atom is -0.475 e. The molecule has 0 aliphatic heterocycles. The van der Waals surface area contributed by atoms with Gasteiger partial charge in [0, 0.05) is 102 Å². The zero-order valence-corrected chi connectivity index (χ0v) is 53.6. The van der Waals surface area contributed by atoms with Crippen molar-refractivity contribution in [2.75, 3.05) is 78.6 Å². The normalized spacial score (nSPS) is 10.9. The number of aromatic nitrogens is 6. The molecule has 0 bridgehead atoms. The van der Waals surface area contributed by atoms with Crippen molar-refractivity contribution in [3.63, 3.8) is 0 Å². The number of nitrogens with one attached hydrogen (secondary N) is 6. The lowest BCUT2D eigenvalue weighted by molar-refractivity contribution is -0.137. The van der Waals surface area contributed by atoms with E-state index in [1.807, 2.05) is 0 Å². The van der Waals surface area contributed by atoms with Crippen molar-refractivity contribution < 1.29 is 87.8 Å². The van der Waals surface area contributed by atoms with Gasteiger partial charge in [0.1, 0.15) is 83.4 Å². The van der Waals surface area contributed by atoms with Crippen molar-refractivity contribution in [2.24, 2.45) is 5.73 Å². The summed E-state index contributed by atoms with van der Waals surface area (Å²) in [5.74, 6) is -0.668. The van der Waals surface area contributed by atoms with E-state index in [-0.39, 0.29) is 83.0 Å². The molecule has 0 saturated carbocycles. The molecule has 0 saturated heterocycles. The third kappa shape index (κ3) is 22.2. The molecule has 32 heteroatoms. The molecular formula is C71H57F8N13O11. The monoisotopic (exact) mass is 1420 g/mol. The predicted octanol–water partition coefficient (Wildman–Crippen LogP) is 15.6. The van der Waals surface area contributed by atoms with E-state index in [2.05, 4.69) is 61.8 Å². The van der Waals surface area contributed by atoms with E-state index in [1.165, 1.54) is 85.3 Å². The number of fused-ring (bicyclic) bond motifs is 3. The number of nitrogens with two attached hydrogens (primary N) is 1. The van der Waals surface area contributed by atoms with Crippen LogP contribution in [0.15, 0.2) is 201 Å². The Morgan fingerprint density at radius 1 is 0.388 bits per heavy atom. The van der Waals surface area contributed by atoms with E-state index in [9.17, 15) is 49.5 Å². The van der Waals surface area contributed by atoms with E-state index in [4.69, 9.17) is 44.0 Å². The van der Waals surface area contributed by atoms with Crippen LogP contribution in [-0.2, 0) is 10.9 Å². The van der Waals surface area contributed by atoms with Gasteiger partial charge in [0.15, 0.2) is 0 Å². The van der Waals surface area contributed by atoms with Gasteiger partial charge in [-0.25, -0.2) is 66.2 Å². The molecule has 6 amide bonds. The molecule has 0 aliphatic rings. The van der Waals surface area contributed by atoms with Gasteiger partial charge in [-0.2, -0.15) is 13.2 Å². The second-order valence-electron chi connectivity index (χ2n) is 21.3. The predicted molar refractivity (Wildman–Crippen MR) is 365 cm³/mol. The summed E-state index contributed by atoms with van der Waals surface area (Å²) < 4.78 is 146. The molecule has 3 heterocycles. The number of urea groups is 3. The number of carbonyl (C=O) groups excluding carboxylic acids is 3. The first-order chi connectivity index (χ1) is 49.6. The van der Waals surface area contributed by atoms with Gasteiger partial charge in [0.25, 0.3) is 0 Å². The van der Waals surface area contributed by atoms with Crippen LogP contribution in [0, 0.1) is 29.1 Å². The first-order valence-corrected chi connectivity index (χ1v) is 30.5. The molecule has 9 N–H and O–H groups in total. The lowest BCUT2D eigenvalue weighted by Crippen LogP contribution is -2.20. The van der Waals surface area contributed by atoms with Crippen molar-refractivity contribution in [3.8, 4) is 52.1 Å². The summed E-state index contributed by atoms with van der Waals surface area (Å²) >= 11 is 0. The number of aliphatic hydroxyl groups is 1. The lowest BCUT2D eigenvalue weighted by atomic mass is 10.2. The minimum atomic E-state index is -4.56. The van der Waals surface area contributed by atoms with E-state index in [1.54, 1.807) is 61.7 Å². The van der Waals surface area contributed by atoms with E-state index in [0.717, 1.165) is 60.7 Å². The Labute approximate surface area is 578 Å². The molecule has 0 radical (unpaired) electrons. The van der Waals surface area contributed by atoms with Gasteiger partial charge in [0.05, 0.1) is 70.5 Å². The molecule has 3 aromatic heterocycles. The van der Waals surface area contributed by atoms with E-state index >= 15 is 0 Å². The summed E-state index contributed by atoms with van der Waals surface area (Å²) in [7, 11) is 1.57. The Hall–Kier alpha value is -13.1. The average molecular weight is 1420 g/mol. The number of hydrogen-bond donors (Lipinski definition) is 8. The first kappa shape index (κ1) is 72.7. The summed E-state index contributed by atoms with van der Waals surface area (Å²) in [6, 6.07) is 38.4. The molecule has 12 aromatic rings. The standard InChI is InChI=1S/C24H19F4N5O3.C24H20F2N4O4.C23H18F2N4O4/c25-15-9-17(32-23(34)31-16-3-1-2-14(8-16)24(26,27)28)11-19(10-15)36-18-4-5-20-21(12-18)33-22(13-30-20)35-7-6-29;1-32-7-8-33-23-14-27-21-6-5-19(13-22(21)30-23)34-20-11-16(26)10-18(12-20)29-24(31)28-17-4-2-3-15(25)9-17;24-14-2-1-3-16(8-14)27-23(31)28-17-9-15(25)10-19(11-17)33-18-4-5-20-21(12-18)29-22(13-26-20)32-7-6-30/h1-5,8-13H,6-7,29H2,(H2,31,32,34);2-6,9-14H,7-8H2,1H3,(H2,28,29,31);1-5,8-13,30H,6-7H2,(H2,27,28,31). The number of methoxy groups -OCH3 is 1. The largest absolute Gasteiger partial charge is 0.475 e. The number of amides is 6. The number of aliphatic hydroxyl groups excluding tert-OH is 1. The van der Waals surface area contributed by atoms with Crippen LogP contribution >= 0.6 is 0 Å². The maximum Gasteiger partial charge on any atom is 0.416 e. The third-order valence-electron chi connectivity index (χ3n) is 13.4. The van der Waals surface area contributed by atoms with Crippen LogP contribution in [0.1, 0.15) is 5.56 Å². The van der Waals surface area contributed by atoms with Gasteiger partial charge in [-0.1, -0.05) is 18.2 Å². The maximum absolute atomic E-state index is 14.2. The molecule has 24 nitrogen and oxygen atoms in total. The van der Waals surface area contributed by atoms with Crippen molar-refractivity contribution in [1.29, 1.82) is 0 Å². The Bertz CT molecular complexity index is 5000. The Morgan fingerprint density at radius 2 is 0.738 bits per heavy atom. The van der Waals surface area contributed by atoms with Crippen LogP contribution in [-0.4, -0.2) is 99.8 Å². The molecular weight excluding hydrogens is 1360 g/mol. The molecule has 0 spiro atoms. The van der Waals surface area contributed by atoms with Crippen molar-refractivity contribution >= 4 is 85.3 Å². The van der Waals surface area contributed by atoms with Crippen LogP contribution < -0.4 is 66.1 Å². The molecule has 0 fully saturated rings. The van der Waals surface area contributed by atoms with Crippen LogP contribution in [0.25, 0.3) is 33.1 Å². The average Bonchev–Trinajstić information content (AvgIpc) is 0.861. The highest BCUT2D eigenvalue weighted by molar-refractivity contribution is 6.01. The van der Waals surface area contributed by atoms with Crippen LogP contribution in [0.5, 0.6) is 52.1 Å². The van der Waals surface area contributed by atoms with Crippen molar-refractivity contribution in [3.05, 3.63) is 235 Å². The topological polar surface area (TPSA) is 312 Å². The van der Waals surface area contributed by atoms with Crippen molar-refractivity contribution in [2.45, 2.75) is 6.18 Å². The summed E-state index contributed by atoms with van der Waals surface area (Å²) in [4.78, 5) is 62.4. The van der Waals surface area contributed by atoms with Gasteiger partial charge < -0.3 is 75.9 Å². The lowest BCUT2D eigenvalue weighted by Gasteiger charge is -2.12. The highest BCUT2D eigenvalue weighted by Crippen LogP contribution is 2.34. The van der Waals surface area contributed by atoms with Gasteiger partial charge in [-0.05, 0) is 109 Å². The molecule has 103 heavy (non-hydrogen) atoms. The van der Waals surface area contributed by atoms with Crippen molar-refractivity contribution in [1.82, 2.24) is 29.9 Å². The maximum atomic E-state index is 14.2. The number of alkyl halides is 3. The second-order valence-corrected chi connectivity index (χ2v) is 21.3. The second kappa shape index (κ2) is 34.6. The number of anilines is 6. The first-order valence-electron chi connectivity index (χ1n) is 30.5. The Balaban J connectivity index is 0.000000166. The molecule has 0 aliphatic carbocycles. The Morgan fingerprint density at radius 3 is 1.10 bits per heavy atom. The fourth-order valence-corrected chi connectivity index (χ4v) is 9.14. The summed E-state index contributed by atoms with van der Waals surface area (Å²) in [6.45, 7) is 1.27. The van der Waals surface area contributed by atoms with E-state index < -0.39 is 58.9 Å². The summed E-state index contributed by atoms with van der Waals surface area (Å²) in [5.41, 5.74) is 8.51. The number of benzene rings is 9. The highest BCUT2D eigenvalue weighted by Gasteiger charge is 2.30. The fourth-order valence-electron chi connectivity index (χ4n) is 9.14. The van der Waals surface area contributed by atoms with E-state index in [0.29, 0.717) is 76.0 Å². The van der Waals surface area contributed by atoms with Crippen LogP contribution in [0.2, 0.25) is 0 Å². The zero-order valence-electron chi connectivity index (χ0n) is 53.6. The number of halogens is 8. The molecule has 0 unspecified atom stereocenters. The van der Waals surface area contributed by atoms with Gasteiger partial charge in [-0.15, -0.1) is 0 Å². The third-order valence-corrected chi connectivity index (χ3v) is 13.4. The zero-order chi connectivity index (χ0) is 72.8. The number of nitrogens with zero attached hydrogens (tertiary/aromatic N) is 6. The molecule has 12 rings (SSSR count). The summed E-state index contributed by atoms with van der Waals surface area (Å²) in [6.07, 6.45) is -0.139. The smallest absolute Gasteiger partial charge is 0.416 e. The number of ether oxygens (including phenoxy) is 7. The quantitative estimate of drug-likeness (QED) is 0.0231. The molecule has 0 atom stereocenters. The minimum absolute atomic E-state index is 0.0209. The van der Waals surface area contributed by atoms with Crippen LogP contribution in [0.4, 0.5) is 83.6 Å². The number of rotatable bonds is 22. The summed E-state index contributed by atoms with van der Waals surface area (Å²) in [5, 5.41) is 23.4.